The topological polar surface area (TPSA) is 106 Å². The smallest absolute Gasteiger partial charge is 0.451 e. The van der Waals surface area contributed by atoms with Gasteiger partial charge in [-0.2, -0.15) is 18.2 Å². The second kappa shape index (κ2) is 7.40. The number of alkyl halides is 3. The lowest BCUT2D eigenvalue weighted by Gasteiger charge is -2.33. The van der Waals surface area contributed by atoms with Gasteiger partial charge in [-0.3, -0.25) is 4.79 Å². The number of nitrogens with zero attached hydrogens (tertiary/aromatic N) is 5. The van der Waals surface area contributed by atoms with Crippen molar-refractivity contribution in [2.75, 3.05) is 25.5 Å². The van der Waals surface area contributed by atoms with Crippen molar-refractivity contribution in [3.05, 3.63) is 12.0 Å². The Morgan fingerprint density at radius 1 is 1.27 bits per heavy atom. The lowest BCUT2D eigenvalue weighted by Crippen LogP contribution is -2.45. The van der Waals surface area contributed by atoms with E-state index in [1.54, 1.807) is 6.92 Å². The summed E-state index contributed by atoms with van der Waals surface area (Å²) in [5.74, 6) is -1.88. The lowest BCUT2D eigenvalue weighted by atomic mass is 9.93. The van der Waals surface area contributed by atoms with Crippen molar-refractivity contribution < 1.29 is 27.1 Å². The first-order chi connectivity index (χ1) is 14.2. The molecule has 9 nitrogen and oxygen atoms in total. The number of hydrogen-bond acceptors (Lipinski definition) is 8. The van der Waals surface area contributed by atoms with Gasteiger partial charge in [0.05, 0.1) is 7.11 Å². The Morgan fingerprint density at radius 3 is 2.57 bits per heavy atom. The van der Waals surface area contributed by atoms with E-state index in [1.807, 2.05) is 4.90 Å². The van der Waals surface area contributed by atoms with E-state index >= 15 is 0 Å². The number of halogens is 3. The summed E-state index contributed by atoms with van der Waals surface area (Å²) in [4.78, 5) is 21.1. The number of nitrogens with one attached hydrogen (secondary N) is 1. The van der Waals surface area contributed by atoms with Crippen LogP contribution in [0.25, 0.3) is 11.5 Å². The van der Waals surface area contributed by atoms with Crippen molar-refractivity contribution in [2.45, 2.75) is 44.8 Å². The van der Waals surface area contributed by atoms with Crippen LogP contribution in [0, 0.1) is 5.41 Å². The molecule has 2 aromatic heterocycles. The fraction of sp³-hybridized carbons (Fsp3) is 0.611. The second-order valence-corrected chi connectivity index (χ2v) is 7.72. The number of amides is 1. The average molecular weight is 426 g/mol. The molecule has 2 aliphatic rings. The van der Waals surface area contributed by atoms with Crippen LogP contribution in [0.15, 0.2) is 10.6 Å². The first-order valence-corrected chi connectivity index (χ1v) is 9.58. The van der Waals surface area contributed by atoms with E-state index in [9.17, 15) is 18.0 Å². The maximum absolute atomic E-state index is 12.8. The molecule has 12 heteroatoms. The monoisotopic (exact) mass is 426 g/mol. The largest absolute Gasteiger partial charge is 0.480 e. The molecule has 0 bridgehead atoms. The van der Waals surface area contributed by atoms with E-state index in [1.165, 1.54) is 20.0 Å². The van der Waals surface area contributed by atoms with E-state index in [4.69, 9.17) is 9.15 Å². The minimum atomic E-state index is -4.71. The lowest BCUT2D eigenvalue weighted by molar-refractivity contribution is -0.145. The summed E-state index contributed by atoms with van der Waals surface area (Å²) in [6, 6.07) is -0.638. The molecule has 0 unspecified atom stereocenters. The average Bonchev–Trinajstić information content (AvgIpc) is 3.31. The molecule has 0 aromatic carbocycles. The summed E-state index contributed by atoms with van der Waals surface area (Å²) < 4.78 is 48.7. The van der Waals surface area contributed by atoms with Gasteiger partial charge in [0.15, 0.2) is 0 Å². The quantitative estimate of drug-likeness (QED) is 0.778. The Kier molecular flexibility index (Phi) is 5.02. The van der Waals surface area contributed by atoms with Crippen LogP contribution in [0.1, 0.15) is 38.4 Å². The van der Waals surface area contributed by atoms with Crippen LogP contribution in [-0.4, -0.2) is 57.2 Å². The van der Waals surface area contributed by atoms with E-state index in [0.29, 0.717) is 5.41 Å². The fourth-order valence-electron chi connectivity index (χ4n) is 3.59. The molecule has 1 aliphatic carbocycles. The van der Waals surface area contributed by atoms with Gasteiger partial charge in [-0.15, -0.1) is 5.10 Å². The molecule has 1 spiro atoms. The Bertz CT molecular complexity index is 933. The van der Waals surface area contributed by atoms with Crippen molar-refractivity contribution >= 4 is 11.9 Å². The van der Waals surface area contributed by atoms with Gasteiger partial charge in [0.2, 0.25) is 17.6 Å². The van der Waals surface area contributed by atoms with Gasteiger partial charge >= 0.3 is 12.2 Å². The maximum atomic E-state index is 12.8. The summed E-state index contributed by atoms with van der Waals surface area (Å²) in [6.45, 7) is 3.16. The molecule has 162 valence electrons. The van der Waals surface area contributed by atoms with Crippen LogP contribution in [0.5, 0.6) is 5.88 Å². The molecular formula is C18H21F3N6O3. The molecule has 0 radical (unpaired) electrons. The van der Waals surface area contributed by atoms with Gasteiger partial charge in [-0.05, 0) is 38.0 Å². The number of carbonyl (C=O) groups is 1. The predicted molar refractivity (Wildman–Crippen MR) is 97.4 cm³/mol. The maximum Gasteiger partial charge on any atom is 0.451 e. The van der Waals surface area contributed by atoms with Crippen molar-refractivity contribution in [2.24, 2.45) is 5.41 Å². The zero-order valence-electron chi connectivity index (χ0n) is 16.5. The zero-order chi connectivity index (χ0) is 21.5. The van der Waals surface area contributed by atoms with E-state index in [-0.39, 0.29) is 29.3 Å². The highest BCUT2D eigenvalue weighted by atomic mass is 19.4. The molecule has 2 fully saturated rings. The number of ether oxygens (including phenoxy) is 1. The van der Waals surface area contributed by atoms with E-state index in [2.05, 4.69) is 25.5 Å². The summed E-state index contributed by atoms with van der Waals surface area (Å²) >= 11 is 0. The van der Waals surface area contributed by atoms with Crippen molar-refractivity contribution in [3.8, 4) is 17.3 Å². The third kappa shape index (κ3) is 4.03. The SMILES string of the molecule is COc1nc(C(F)(F)F)ncc1-c1nnc(N[C@@H](C)C(=O)N2CCC3(CC2)CC3)o1. The number of likely N-dealkylation sites (tertiary alicyclic amines) is 1. The molecule has 3 heterocycles. The van der Waals surface area contributed by atoms with Crippen LogP contribution >= 0.6 is 0 Å². The normalized spacial score (nSPS) is 18.9. The van der Waals surface area contributed by atoms with Crippen LogP contribution in [0.2, 0.25) is 0 Å². The van der Waals surface area contributed by atoms with Crippen LogP contribution in [0.4, 0.5) is 19.2 Å². The fourth-order valence-corrected chi connectivity index (χ4v) is 3.59. The third-order valence-corrected chi connectivity index (χ3v) is 5.66. The van der Waals surface area contributed by atoms with Crippen molar-refractivity contribution in [1.29, 1.82) is 0 Å². The molecule has 1 atom stereocenters. The minimum Gasteiger partial charge on any atom is -0.480 e. The Balaban J connectivity index is 1.43. The van der Waals surface area contributed by atoms with Crippen LogP contribution < -0.4 is 10.1 Å². The summed E-state index contributed by atoms with van der Waals surface area (Å²) in [6.07, 6.45) is 0.766. The Hall–Kier alpha value is -2.92. The Morgan fingerprint density at radius 2 is 1.97 bits per heavy atom. The highest BCUT2D eigenvalue weighted by Crippen LogP contribution is 2.53. The number of rotatable bonds is 5. The summed E-state index contributed by atoms with van der Waals surface area (Å²) in [5.41, 5.74) is 0.480. The van der Waals surface area contributed by atoms with Crippen LogP contribution in [-0.2, 0) is 11.0 Å². The molecule has 1 saturated carbocycles. The summed E-state index contributed by atoms with van der Waals surface area (Å²) in [5, 5.41) is 10.4. The van der Waals surface area contributed by atoms with E-state index in [0.717, 1.165) is 32.1 Å². The van der Waals surface area contributed by atoms with Crippen molar-refractivity contribution in [1.82, 2.24) is 25.1 Å². The number of hydrogen-bond donors (Lipinski definition) is 1. The standard InChI is InChI=1S/C18H21F3N6O3/c1-10(14(28)27-7-5-17(3-4-17)6-8-27)23-16-26-25-13(30-16)11-9-22-15(18(19,20)21)24-12(11)29-2/h9-10H,3-8H2,1-2H3,(H,23,26)/t10-/m0/s1. The number of carbonyl (C=O) groups excluding carboxylic acids is 1. The van der Waals surface area contributed by atoms with E-state index < -0.39 is 18.0 Å². The molecule has 2 aromatic rings. The molecular weight excluding hydrogens is 405 g/mol. The van der Waals surface area contributed by atoms with Gasteiger partial charge < -0.3 is 19.4 Å². The number of aromatic nitrogens is 4. The molecule has 4 rings (SSSR count). The Labute approximate surface area is 170 Å². The molecule has 1 N–H and O–H groups in total. The molecule has 1 saturated heterocycles. The van der Waals surface area contributed by atoms with Crippen molar-refractivity contribution in [3.63, 3.8) is 0 Å². The molecule has 1 aliphatic heterocycles. The predicted octanol–water partition coefficient (Wildman–Crippen LogP) is 2.76. The molecule has 30 heavy (non-hydrogen) atoms. The highest BCUT2D eigenvalue weighted by molar-refractivity contribution is 5.83. The van der Waals surface area contributed by atoms with Gasteiger partial charge in [0.25, 0.3) is 5.89 Å². The second-order valence-electron chi connectivity index (χ2n) is 7.72. The van der Waals surface area contributed by atoms with Gasteiger partial charge in [-0.25, -0.2) is 4.98 Å². The minimum absolute atomic E-state index is 0.00999. The van der Waals surface area contributed by atoms with Gasteiger partial charge in [0.1, 0.15) is 11.6 Å². The first kappa shape index (κ1) is 20.4. The number of methoxy groups -OCH3 is 1. The molecule has 1 amide bonds. The third-order valence-electron chi connectivity index (χ3n) is 5.66. The number of anilines is 1. The zero-order valence-corrected chi connectivity index (χ0v) is 16.5. The number of piperidine rings is 1. The summed E-state index contributed by atoms with van der Waals surface area (Å²) in [7, 11) is 1.17. The van der Waals surface area contributed by atoms with Gasteiger partial charge in [0, 0.05) is 19.3 Å². The first-order valence-electron chi connectivity index (χ1n) is 9.58. The van der Waals surface area contributed by atoms with Gasteiger partial charge in [-0.1, -0.05) is 5.10 Å². The highest BCUT2D eigenvalue weighted by Gasteiger charge is 2.45. The van der Waals surface area contributed by atoms with Crippen LogP contribution in [0.3, 0.4) is 0 Å².